The van der Waals surface area contributed by atoms with Gasteiger partial charge in [-0.15, -0.1) is 0 Å². The molecular weight excluding hydrogens is 120 g/mol. The lowest BCUT2D eigenvalue weighted by molar-refractivity contribution is 0.208. The van der Waals surface area contributed by atoms with E-state index in [4.69, 9.17) is 0 Å². The molecule has 3 rings (SSSR count). The molecular formula is C10H14. The zero-order chi connectivity index (χ0) is 7.35. The monoisotopic (exact) mass is 134 g/mol. The lowest BCUT2D eigenvalue weighted by Gasteiger charge is -2.49. The molecule has 0 aliphatic heterocycles. The predicted octanol–water partition coefficient (Wildman–Crippen LogP) is 2.92. The van der Waals surface area contributed by atoms with Crippen molar-refractivity contribution in [3.8, 4) is 0 Å². The molecule has 1 saturated carbocycles. The Labute approximate surface area is 62.6 Å². The van der Waals surface area contributed by atoms with Crippen LogP contribution in [-0.2, 0) is 0 Å². The summed E-state index contributed by atoms with van der Waals surface area (Å²) in [5.41, 5.74) is 3.69. The first-order valence-corrected chi connectivity index (χ1v) is 4.01. The summed E-state index contributed by atoms with van der Waals surface area (Å²) >= 11 is 0. The minimum absolute atomic E-state index is 0.499. The first-order chi connectivity index (χ1) is 4.62. The van der Waals surface area contributed by atoms with Gasteiger partial charge in [0.1, 0.15) is 0 Å². The van der Waals surface area contributed by atoms with Crippen molar-refractivity contribution in [1.29, 1.82) is 0 Å². The highest BCUT2D eigenvalue weighted by molar-refractivity contribution is 5.42. The first-order valence-electron chi connectivity index (χ1n) is 4.01. The molecule has 0 aromatic rings. The van der Waals surface area contributed by atoms with E-state index in [0.717, 1.165) is 5.92 Å². The highest BCUT2D eigenvalue weighted by Crippen LogP contribution is 2.55. The number of rotatable bonds is 0. The zero-order valence-corrected chi connectivity index (χ0v) is 6.94. The Morgan fingerprint density at radius 3 is 2.50 bits per heavy atom. The van der Waals surface area contributed by atoms with E-state index < -0.39 is 0 Å². The van der Waals surface area contributed by atoms with Gasteiger partial charge in [-0.05, 0) is 24.7 Å². The predicted molar refractivity (Wildman–Crippen MR) is 43.7 cm³/mol. The maximum absolute atomic E-state index is 2.36. The largest absolute Gasteiger partial charge is 0.0800 e. The van der Waals surface area contributed by atoms with Gasteiger partial charge in [0.25, 0.3) is 0 Å². The van der Waals surface area contributed by atoms with E-state index in [1.165, 1.54) is 12.0 Å². The van der Waals surface area contributed by atoms with E-state index in [2.05, 4.69) is 32.9 Å². The van der Waals surface area contributed by atoms with E-state index >= 15 is 0 Å². The lowest BCUT2D eigenvalue weighted by Crippen LogP contribution is -2.39. The maximum atomic E-state index is 2.36. The van der Waals surface area contributed by atoms with Gasteiger partial charge < -0.3 is 0 Å². The first kappa shape index (κ1) is 6.21. The maximum Gasteiger partial charge on any atom is -0.00728 e. The van der Waals surface area contributed by atoms with Gasteiger partial charge in [0, 0.05) is 0 Å². The molecule has 10 heavy (non-hydrogen) atoms. The third-order valence-electron chi connectivity index (χ3n) is 3.18. The molecule has 3 aliphatic rings. The van der Waals surface area contributed by atoms with Gasteiger partial charge in [0.05, 0.1) is 0 Å². The van der Waals surface area contributed by atoms with Crippen molar-refractivity contribution in [2.75, 3.05) is 0 Å². The molecule has 0 heterocycles. The van der Waals surface area contributed by atoms with Crippen LogP contribution >= 0.6 is 0 Å². The summed E-state index contributed by atoms with van der Waals surface area (Å²) in [6, 6.07) is 0. The Morgan fingerprint density at radius 1 is 1.50 bits per heavy atom. The molecule has 0 aromatic heterocycles. The van der Waals surface area contributed by atoms with Gasteiger partial charge in [-0.2, -0.15) is 0 Å². The van der Waals surface area contributed by atoms with E-state index in [1.54, 1.807) is 5.57 Å². The molecule has 0 N–H and O–H groups in total. The van der Waals surface area contributed by atoms with Crippen LogP contribution in [0.2, 0.25) is 0 Å². The molecule has 0 heteroatoms. The SMILES string of the molecule is CC1=C2CC(C=C1)C2(C)C. The lowest BCUT2D eigenvalue weighted by atomic mass is 9.55. The van der Waals surface area contributed by atoms with Crippen molar-refractivity contribution in [3.05, 3.63) is 23.3 Å². The van der Waals surface area contributed by atoms with E-state index in [1.807, 2.05) is 0 Å². The molecule has 1 unspecified atom stereocenters. The van der Waals surface area contributed by atoms with Crippen molar-refractivity contribution < 1.29 is 0 Å². The number of hydrogen-bond acceptors (Lipinski definition) is 0. The minimum Gasteiger partial charge on any atom is -0.0800 e. The van der Waals surface area contributed by atoms with Crippen molar-refractivity contribution in [2.45, 2.75) is 27.2 Å². The van der Waals surface area contributed by atoms with Crippen LogP contribution in [0.15, 0.2) is 23.3 Å². The van der Waals surface area contributed by atoms with Crippen LogP contribution in [0.3, 0.4) is 0 Å². The molecule has 0 radical (unpaired) electrons. The van der Waals surface area contributed by atoms with Crippen LogP contribution in [0.25, 0.3) is 0 Å². The van der Waals surface area contributed by atoms with Crippen molar-refractivity contribution >= 4 is 0 Å². The molecule has 1 fully saturated rings. The second-order valence-corrected chi connectivity index (χ2v) is 4.05. The van der Waals surface area contributed by atoms with Crippen LogP contribution in [0.5, 0.6) is 0 Å². The van der Waals surface area contributed by atoms with Crippen LogP contribution in [0.4, 0.5) is 0 Å². The minimum atomic E-state index is 0.499. The second kappa shape index (κ2) is 1.55. The molecule has 2 bridgehead atoms. The molecule has 54 valence electrons. The highest BCUT2D eigenvalue weighted by atomic mass is 14.5. The van der Waals surface area contributed by atoms with Crippen molar-refractivity contribution in [2.24, 2.45) is 11.3 Å². The third-order valence-corrected chi connectivity index (χ3v) is 3.18. The normalized spacial score (nSPS) is 34.1. The fourth-order valence-corrected chi connectivity index (χ4v) is 2.17. The average Bonchev–Trinajstić information content (AvgIpc) is 1.87. The Morgan fingerprint density at radius 2 is 2.20 bits per heavy atom. The average molecular weight is 134 g/mol. The van der Waals surface area contributed by atoms with E-state index in [0.29, 0.717) is 5.41 Å². The summed E-state index contributed by atoms with van der Waals surface area (Å²) in [5, 5.41) is 0. The third kappa shape index (κ3) is 0.524. The number of hydrogen-bond donors (Lipinski definition) is 0. The van der Waals surface area contributed by atoms with E-state index in [9.17, 15) is 0 Å². The summed E-state index contributed by atoms with van der Waals surface area (Å²) < 4.78 is 0. The van der Waals surface area contributed by atoms with Crippen LogP contribution in [-0.4, -0.2) is 0 Å². The van der Waals surface area contributed by atoms with Gasteiger partial charge in [0.2, 0.25) is 0 Å². The molecule has 0 aromatic carbocycles. The molecule has 0 saturated heterocycles. The quantitative estimate of drug-likeness (QED) is 0.478. The Kier molecular flexibility index (Phi) is 0.964. The fraction of sp³-hybridized carbons (Fsp3) is 0.600. The summed E-state index contributed by atoms with van der Waals surface area (Å²) in [7, 11) is 0. The van der Waals surface area contributed by atoms with E-state index in [-0.39, 0.29) is 0 Å². The molecule has 0 amide bonds. The molecule has 3 aliphatic carbocycles. The Bertz CT molecular complexity index is 228. The van der Waals surface area contributed by atoms with Gasteiger partial charge >= 0.3 is 0 Å². The standard InChI is InChI=1S/C10H14/c1-7-4-5-8-6-9(7)10(8,2)3/h4-5,8H,6H2,1-3H3. The zero-order valence-electron chi connectivity index (χ0n) is 6.94. The van der Waals surface area contributed by atoms with Crippen LogP contribution in [0, 0.1) is 11.3 Å². The highest BCUT2D eigenvalue weighted by Gasteiger charge is 2.44. The van der Waals surface area contributed by atoms with Crippen LogP contribution < -0.4 is 0 Å². The smallest absolute Gasteiger partial charge is 0.00728 e. The van der Waals surface area contributed by atoms with Crippen molar-refractivity contribution in [1.82, 2.24) is 0 Å². The fourth-order valence-electron chi connectivity index (χ4n) is 2.17. The van der Waals surface area contributed by atoms with Gasteiger partial charge in [-0.25, -0.2) is 0 Å². The summed E-state index contributed by atoms with van der Waals surface area (Å²) in [6.45, 7) is 6.93. The second-order valence-electron chi connectivity index (χ2n) is 4.05. The summed E-state index contributed by atoms with van der Waals surface area (Å²) in [5.74, 6) is 0.839. The Balaban J connectivity index is 2.46. The number of allylic oxidation sites excluding steroid dienone is 4. The Hall–Kier alpha value is -0.520. The van der Waals surface area contributed by atoms with Crippen molar-refractivity contribution in [3.63, 3.8) is 0 Å². The topological polar surface area (TPSA) is 0 Å². The van der Waals surface area contributed by atoms with Gasteiger partial charge in [0.15, 0.2) is 0 Å². The summed E-state index contributed by atoms with van der Waals surface area (Å²) in [4.78, 5) is 0. The molecule has 0 spiro atoms. The van der Waals surface area contributed by atoms with Gasteiger partial charge in [-0.3, -0.25) is 0 Å². The number of fused-ring (bicyclic) bond motifs is 1. The summed E-state index contributed by atoms with van der Waals surface area (Å²) in [6.07, 6.45) is 5.96. The van der Waals surface area contributed by atoms with Crippen LogP contribution in [0.1, 0.15) is 27.2 Å². The molecule has 0 nitrogen and oxygen atoms in total. The van der Waals surface area contributed by atoms with Gasteiger partial charge in [-0.1, -0.05) is 37.1 Å². The molecule has 1 atom stereocenters.